The topological polar surface area (TPSA) is 113 Å². The second kappa shape index (κ2) is 8.04. The van der Waals surface area contributed by atoms with Gasteiger partial charge in [-0.3, -0.25) is 9.69 Å². The first-order chi connectivity index (χ1) is 14.4. The van der Waals surface area contributed by atoms with Crippen LogP contribution in [0.5, 0.6) is 5.75 Å². The minimum absolute atomic E-state index is 0.125. The molecule has 1 spiro atoms. The fraction of sp³-hybridized carbons (Fsp3) is 0.571. The van der Waals surface area contributed by atoms with Gasteiger partial charge in [-0.2, -0.15) is 4.99 Å². The predicted octanol–water partition coefficient (Wildman–Crippen LogP) is 1.47. The molecule has 1 saturated heterocycles. The van der Waals surface area contributed by atoms with Crippen LogP contribution in [0.15, 0.2) is 28.2 Å². The maximum absolute atomic E-state index is 11.6. The summed E-state index contributed by atoms with van der Waals surface area (Å²) in [5.41, 5.74) is 13.8. The lowest BCUT2D eigenvalue weighted by atomic mass is 9.87. The van der Waals surface area contributed by atoms with Crippen molar-refractivity contribution >= 4 is 29.2 Å². The van der Waals surface area contributed by atoms with E-state index in [4.69, 9.17) is 21.2 Å². The van der Waals surface area contributed by atoms with E-state index in [-0.39, 0.29) is 11.9 Å². The first-order valence-corrected chi connectivity index (χ1v) is 10.6. The van der Waals surface area contributed by atoms with E-state index in [1.54, 1.807) is 14.0 Å². The van der Waals surface area contributed by atoms with Gasteiger partial charge in [0.2, 0.25) is 17.8 Å². The van der Waals surface area contributed by atoms with Crippen molar-refractivity contribution in [2.45, 2.75) is 44.7 Å². The van der Waals surface area contributed by atoms with Gasteiger partial charge in [0.05, 0.1) is 12.8 Å². The fourth-order valence-corrected chi connectivity index (χ4v) is 4.80. The molecule has 0 radical (unpaired) electrons. The van der Waals surface area contributed by atoms with E-state index in [9.17, 15) is 4.79 Å². The van der Waals surface area contributed by atoms with Crippen LogP contribution in [0.25, 0.3) is 0 Å². The van der Waals surface area contributed by atoms with Gasteiger partial charge in [-0.05, 0) is 37.8 Å². The molecule has 0 aromatic heterocycles. The molecule has 0 unspecified atom stereocenters. The van der Waals surface area contributed by atoms with Crippen molar-refractivity contribution in [2.24, 2.45) is 21.5 Å². The molecule has 4 N–H and O–H groups in total. The highest BCUT2D eigenvalue weighted by molar-refractivity contribution is 6.06. The Morgan fingerprint density at radius 1 is 1.10 bits per heavy atom. The van der Waals surface area contributed by atoms with Crippen LogP contribution >= 0.6 is 0 Å². The summed E-state index contributed by atoms with van der Waals surface area (Å²) >= 11 is 0. The van der Waals surface area contributed by atoms with Crippen LogP contribution < -0.4 is 26.0 Å². The molecule has 2 aliphatic heterocycles. The molecule has 1 aromatic carbocycles. The number of hydrogen-bond donors (Lipinski definition) is 2. The quantitative estimate of drug-likeness (QED) is 0.776. The van der Waals surface area contributed by atoms with Gasteiger partial charge in [0, 0.05) is 44.9 Å². The summed E-state index contributed by atoms with van der Waals surface area (Å²) in [5.74, 6) is 1.44. The Morgan fingerprint density at radius 3 is 2.43 bits per heavy atom. The molecule has 162 valence electrons. The summed E-state index contributed by atoms with van der Waals surface area (Å²) in [6.45, 7) is 4.65. The van der Waals surface area contributed by atoms with Crippen molar-refractivity contribution in [1.29, 1.82) is 0 Å². The zero-order valence-electron chi connectivity index (χ0n) is 17.8. The van der Waals surface area contributed by atoms with Crippen LogP contribution in [-0.4, -0.2) is 61.7 Å². The number of amides is 1. The molecule has 1 amide bonds. The predicted molar refractivity (Wildman–Crippen MR) is 119 cm³/mol. The number of aliphatic imine (C=N–C) groups is 2. The number of nitrogens with two attached hydrogens (primary N) is 2. The maximum Gasteiger partial charge on any atom is 0.220 e. The van der Waals surface area contributed by atoms with Gasteiger partial charge in [0.25, 0.3) is 0 Å². The highest BCUT2D eigenvalue weighted by Crippen LogP contribution is 2.43. The zero-order chi connectivity index (χ0) is 21.3. The van der Waals surface area contributed by atoms with Crippen molar-refractivity contribution in [2.75, 3.05) is 43.1 Å². The summed E-state index contributed by atoms with van der Waals surface area (Å²) in [6, 6.07) is 6.14. The van der Waals surface area contributed by atoms with Crippen molar-refractivity contribution in [3.8, 4) is 5.75 Å². The Hall–Kier alpha value is -2.97. The molecular formula is C21H31N7O2. The first kappa shape index (κ1) is 20.3. The lowest BCUT2D eigenvalue weighted by molar-refractivity contribution is -0.129. The number of hydrogen-bond acceptors (Lipinski definition) is 8. The van der Waals surface area contributed by atoms with Crippen molar-refractivity contribution in [3.63, 3.8) is 0 Å². The van der Waals surface area contributed by atoms with Crippen LogP contribution in [0.1, 0.15) is 39.0 Å². The molecule has 2 fully saturated rings. The summed E-state index contributed by atoms with van der Waals surface area (Å²) < 4.78 is 5.78. The molecule has 1 saturated carbocycles. The number of carbonyl (C=O) groups excluding carboxylic acids is 1. The van der Waals surface area contributed by atoms with E-state index >= 15 is 0 Å². The second-order valence-corrected chi connectivity index (χ2v) is 8.17. The SMILES string of the molecule is COc1cc(N2CCN(C(C)=O)CC2)ccc1N1C(N)=NC(N)=NC12CCCCC2. The van der Waals surface area contributed by atoms with E-state index < -0.39 is 5.66 Å². The molecule has 30 heavy (non-hydrogen) atoms. The van der Waals surface area contributed by atoms with Gasteiger partial charge in [-0.15, -0.1) is 0 Å². The Kier molecular flexibility index (Phi) is 5.44. The maximum atomic E-state index is 11.6. The monoisotopic (exact) mass is 413 g/mol. The number of piperazine rings is 1. The van der Waals surface area contributed by atoms with Crippen molar-refractivity contribution < 1.29 is 9.53 Å². The molecular weight excluding hydrogens is 382 g/mol. The number of rotatable bonds is 3. The third-order valence-electron chi connectivity index (χ3n) is 6.35. The van der Waals surface area contributed by atoms with Crippen LogP contribution in [0.3, 0.4) is 0 Å². The molecule has 0 atom stereocenters. The average molecular weight is 414 g/mol. The first-order valence-electron chi connectivity index (χ1n) is 10.6. The summed E-state index contributed by atoms with van der Waals surface area (Å²) in [6.07, 6.45) is 5.08. The number of anilines is 2. The lowest BCUT2D eigenvalue weighted by Gasteiger charge is -2.46. The molecule has 9 heteroatoms. The number of methoxy groups -OCH3 is 1. The molecule has 4 rings (SSSR count). The molecule has 2 heterocycles. The summed E-state index contributed by atoms with van der Waals surface area (Å²) in [5, 5.41) is 0. The average Bonchev–Trinajstić information content (AvgIpc) is 2.74. The largest absolute Gasteiger partial charge is 0.494 e. The van der Waals surface area contributed by atoms with Crippen LogP contribution in [0, 0.1) is 0 Å². The summed E-state index contributed by atoms with van der Waals surface area (Å²) in [4.78, 5) is 26.7. The van der Waals surface area contributed by atoms with E-state index in [0.717, 1.165) is 69.0 Å². The number of ether oxygens (including phenoxy) is 1. The molecule has 0 bridgehead atoms. The highest BCUT2D eigenvalue weighted by atomic mass is 16.5. The van der Waals surface area contributed by atoms with Gasteiger partial charge >= 0.3 is 0 Å². The van der Waals surface area contributed by atoms with Crippen molar-refractivity contribution in [1.82, 2.24) is 4.90 Å². The van der Waals surface area contributed by atoms with Gasteiger partial charge in [0.15, 0.2) is 0 Å². The van der Waals surface area contributed by atoms with Gasteiger partial charge < -0.3 is 26.0 Å². The number of benzene rings is 1. The third kappa shape index (κ3) is 3.64. The third-order valence-corrected chi connectivity index (χ3v) is 6.35. The number of carbonyl (C=O) groups is 1. The minimum Gasteiger partial charge on any atom is -0.494 e. The second-order valence-electron chi connectivity index (χ2n) is 8.17. The Labute approximate surface area is 177 Å². The van der Waals surface area contributed by atoms with E-state index in [1.165, 1.54) is 6.42 Å². The van der Waals surface area contributed by atoms with E-state index in [2.05, 4.69) is 16.0 Å². The van der Waals surface area contributed by atoms with Gasteiger partial charge in [0.1, 0.15) is 11.4 Å². The Bertz CT molecular complexity index is 868. The summed E-state index contributed by atoms with van der Waals surface area (Å²) in [7, 11) is 1.67. The van der Waals surface area contributed by atoms with Crippen LogP contribution in [0.2, 0.25) is 0 Å². The lowest BCUT2D eigenvalue weighted by Crippen LogP contribution is -2.58. The zero-order valence-corrected chi connectivity index (χ0v) is 17.8. The van der Waals surface area contributed by atoms with Crippen LogP contribution in [-0.2, 0) is 4.79 Å². The fourth-order valence-electron chi connectivity index (χ4n) is 4.80. The standard InChI is InChI=1S/C21H31N7O2/c1-15(29)26-10-12-27(13-11-26)16-6-7-17(18(14-16)30-2)28-20(23)24-19(22)25-21(28)8-4-3-5-9-21/h6-7,14H,3-5,8-13H2,1-2H3,(H4,22,23,24,25). The smallest absolute Gasteiger partial charge is 0.220 e. The van der Waals surface area contributed by atoms with E-state index in [1.807, 2.05) is 21.9 Å². The van der Waals surface area contributed by atoms with Gasteiger partial charge in [-0.1, -0.05) is 6.42 Å². The Balaban J connectivity index is 1.64. The number of guanidine groups is 2. The van der Waals surface area contributed by atoms with Crippen LogP contribution in [0.4, 0.5) is 11.4 Å². The van der Waals surface area contributed by atoms with Crippen molar-refractivity contribution in [3.05, 3.63) is 18.2 Å². The highest BCUT2D eigenvalue weighted by Gasteiger charge is 2.43. The van der Waals surface area contributed by atoms with Gasteiger partial charge in [-0.25, -0.2) is 4.99 Å². The van der Waals surface area contributed by atoms with E-state index in [0.29, 0.717) is 5.96 Å². The molecule has 9 nitrogen and oxygen atoms in total. The molecule has 1 aromatic rings. The Morgan fingerprint density at radius 2 is 1.80 bits per heavy atom. The molecule has 1 aliphatic carbocycles. The normalized spacial score (nSPS) is 21.3. The minimum atomic E-state index is -0.504. The molecule has 3 aliphatic rings. The number of nitrogens with zero attached hydrogens (tertiary/aromatic N) is 5.